The van der Waals surface area contributed by atoms with E-state index in [4.69, 9.17) is 20.8 Å². The Kier molecular flexibility index (Phi) is 4.94. The number of hydrogen-bond acceptors (Lipinski definition) is 3. The van der Waals surface area contributed by atoms with Crippen LogP contribution in [0.5, 0.6) is 5.75 Å². The summed E-state index contributed by atoms with van der Waals surface area (Å²) in [6.07, 6.45) is 1.84. The van der Waals surface area contributed by atoms with Gasteiger partial charge in [-0.25, -0.2) is 4.79 Å². The maximum Gasteiger partial charge on any atom is 0.336 e. The van der Waals surface area contributed by atoms with E-state index in [0.29, 0.717) is 12.3 Å². The van der Waals surface area contributed by atoms with Crippen LogP contribution >= 0.6 is 11.6 Å². The normalized spacial score (nSPS) is 16.2. The van der Waals surface area contributed by atoms with Crippen LogP contribution in [0.1, 0.15) is 35.6 Å². The maximum absolute atomic E-state index is 12.0. The molecule has 0 radical (unpaired) electrons. The average molecular weight is 385 g/mol. The Morgan fingerprint density at radius 3 is 2.78 bits per heavy atom. The standard InChI is InChI=1S/C22H22ClNO3/c1-3-6-15-10-20(25)27-22-14(2)21-17(9-18(15)22)12-24(13-26-21)11-16-7-4-5-8-19(16)23/h4-5,7-10H,3,6,11-13H2,1-2H3/p+1. The Morgan fingerprint density at radius 1 is 1.19 bits per heavy atom. The van der Waals surface area contributed by atoms with Crippen molar-refractivity contribution in [1.82, 2.24) is 0 Å². The van der Waals surface area contributed by atoms with E-state index in [1.54, 1.807) is 6.07 Å². The molecule has 0 saturated heterocycles. The zero-order valence-electron chi connectivity index (χ0n) is 15.6. The average Bonchev–Trinajstić information content (AvgIpc) is 2.65. The summed E-state index contributed by atoms with van der Waals surface area (Å²) in [4.78, 5) is 13.3. The number of halogens is 1. The topological polar surface area (TPSA) is 43.9 Å². The van der Waals surface area contributed by atoms with Crippen molar-refractivity contribution in [1.29, 1.82) is 0 Å². The van der Waals surface area contributed by atoms with E-state index < -0.39 is 0 Å². The Hall–Kier alpha value is -2.30. The number of nitrogens with one attached hydrogen (secondary N) is 1. The number of fused-ring (bicyclic) bond motifs is 2. The summed E-state index contributed by atoms with van der Waals surface area (Å²) < 4.78 is 11.6. The van der Waals surface area contributed by atoms with Crippen LogP contribution in [0.15, 0.2) is 45.6 Å². The van der Waals surface area contributed by atoms with Crippen LogP contribution in [0.4, 0.5) is 0 Å². The maximum atomic E-state index is 12.0. The van der Waals surface area contributed by atoms with Crippen LogP contribution in [0.25, 0.3) is 11.0 Å². The molecule has 3 aromatic rings. The fraction of sp³-hybridized carbons (Fsp3) is 0.318. The molecule has 140 valence electrons. The van der Waals surface area contributed by atoms with Crippen LogP contribution in [0, 0.1) is 6.92 Å². The zero-order valence-corrected chi connectivity index (χ0v) is 16.4. The first kappa shape index (κ1) is 18.1. The van der Waals surface area contributed by atoms with Gasteiger partial charge >= 0.3 is 5.63 Å². The highest BCUT2D eigenvalue weighted by Gasteiger charge is 2.25. The molecular weight excluding hydrogens is 362 g/mol. The zero-order chi connectivity index (χ0) is 19.0. The predicted molar refractivity (Wildman–Crippen MR) is 107 cm³/mol. The summed E-state index contributed by atoms with van der Waals surface area (Å²) in [7, 11) is 0. The highest BCUT2D eigenvalue weighted by molar-refractivity contribution is 6.31. The van der Waals surface area contributed by atoms with Crippen LogP contribution in [-0.4, -0.2) is 6.73 Å². The Labute approximate surface area is 163 Å². The molecule has 0 aliphatic carbocycles. The number of ether oxygens (including phenoxy) is 1. The minimum absolute atomic E-state index is 0.296. The molecule has 0 saturated carbocycles. The lowest BCUT2D eigenvalue weighted by Crippen LogP contribution is -3.10. The van der Waals surface area contributed by atoms with Crippen molar-refractivity contribution >= 4 is 22.6 Å². The van der Waals surface area contributed by atoms with Gasteiger partial charge < -0.3 is 9.15 Å². The molecule has 1 aliphatic heterocycles. The minimum atomic E-state index is -0.296. The second-order valence-electron chi connectivity index (χ2n) is 7.19. The van der Waals surface area contributed by atoms with Gasteiger partial charge in [0.25, 0.3) is 0 Å². The second-order valence-corrected chi connectivity index (χ2v) is 7.60. The Bertz CT molecular complexity index is 1060. The van der Waals surface area contributed by atoms with Gasteiger partial charge in [0.15, 0.2) is 0 Å². The summed E-state index contributed by atoms with van der Waals surface area (Å²) in [6.45, 7) is 6.30. The molecule has 5 heteroatoms. The minimum Gasteiger partial charge on any atom is -0.444 e. The lowest BCUT2D eigenvalue weighted by molar-refractivity contribution is -0.945. The molecule has 1 atom stereocenters. The largest absolute Gasteiger partial charge is 0.444 e. The Balaban J connectivity index is 1.72. The van der Waals surface area contributed by atoms with E-state index in [1.807, 2.05) is 25.1 Å². The van der Waals surface area contributed by atoms with Gasteiger partial charge in [-0.05, 0) is 31.0 Å². The summed E-state index contributed by atoms with van der Waals surface area (Å²) in [5.74, 6) is 0.849. The second kappa shape index (κ2) is 7.37. The third kappa shape index (κ3) is 3.47. The molecule has 0 spiro atoms. The summed E-state index contributed by atoms with van der Waals surface area (Å²) >= 11 is 6.32. The molecule has 27 heavy (non-hydrogen) atoms. The fourth-order valence-corrected chi connectivity index (χ4v) is 4.10. The molecule has 0 fully saturated rings. The first-order valence-corrected chi connectivity index (χ1v) is 9.73. The molecule has 0 bridgehead atoms. The molecule has 2 heterocycles. The van der Waals surface area contributed by atoms with Crippen molar-refractivity contribution in [2.24, 2.45) is 0 Å². The van der Waals surface area contributed by atoms with E-state index in [2.05, 4.69) is 19.1 Å². The Morgan fingerprint density at radius 2 is 2.00 bits per heavy atom. The van der Waals surface area contributed by atoms with Crippen LogP contribution in [0.2, 0.25) is 5.02 Å². The first-order valence-electron chi connectivity index (χ1n) is 9.35. The molecular formula is C22H23ClNO3+. The van der Waals surface area contributed by atoms with Crippen molar-refractivity contribution < 1.29 is 14.1 Å². The smallest absolute Gasteiger partial charge is 0.336 e. The third-order valence-electron chi connectivity index (χ3n) is 5.16. The predicted octanol–water partition coefficient (Wildman–Crippen LogP) is 3.64. The molecule has 1 aliphatic rings. The molecule has 1 aromatic heterocycles. The molecule has 2 aromatic carbocycles. The molecule has 4 nitrogen and oxygen atoms in total. The van der Waals surface area contributed by atoms with Gasteiger partial charge in [-0.3, -0.25) is 4.90 Å². The van der Waals surface area contributed by atoms with Gasteiger partial charge in [0.05, 0.1) is 0 Å². The lowest BCUT2D eigenvalue weighted by atomic mass is 9.98. The fourth-order valence-electron chi connectivity index (χ4n) is 3.90. The SMILES string of the molecule is CCCc1cc(=O)oc2c(C)c3c(cc12)C[NH+](Cc1ccccc1Cl)CO3. The van der Waals surface area contributed by atoms with Crippen molar-refractivity contribution in [2.45, 2.75) is 39.8 Å². The van der Waals surface area contributed by atoms with E-state index in [1.165, 1.54) is 4.90 Å². The van der Waals surface area contributed by atoms with E-state index >= 15 is 0 Å². The lowest BCUT2D eigenvalue weighted by Gasteiger charge is -2.28. The van der Waals surface area contributed by atoms with Crippen molar-refractivity contribution in [3.63, 3.8) is 0 Å². The number of quaternary nitrogens is 1. The van der Waals surface area contributed by atoms with Crippen LogP contribution in [0.3, 0.4) is 0 Å². The number of aryl methyl sites for hydroxylation is 2. The van der Waals surface area contributed by atoms with Gasteiger partial charge in [-0.15, -0.1) is 0 Å². The highest BCUT2D eigenvalue weighted by Crippen LogP contribution is 2.33. The molecule has 1 N–H and O–H groups in total. The molecule has 1 unspecified atom stereocenters. The van der Waals surface area contributed by atoms with E-state index in [9.17, 15) is 4.79 Å². The van der Waals surface area contributed by atoms with Crippen molar-refractivity contribution in [3.05, 3.63) is 74.1 Å². The van der Waals surface area contributed by atoms with Crippen molar-refractivity contribution in [3.8, 4) is 5.75 Å². The molecule has 0 amide bonds. The monoisotopic (exact) mass is 384 g/mol. The highest BCUT2D eigenvalue weighted by atomic mass is 35.5. The first-order chi connectivity index (χ1) is 13.1. The quantitative estimate of drug-likeness (QED) is 0.698. The van der Waals surface area contributed by atoms with Gasteiger partial charge in [-0.1, -0.05) is 43.1 Å². The van der Waals surface area contributed by atoms with Crippen LogP contribution < -0.4 is 15.3 Å². The van der Waals surface area contributed by atoms with Crippen molar-refractivity contribution in [2.75, 3.05) is 6.73 Å². The number of benzene rings is 2. The van der Waals surface area contributed by atoms with Gasteiger partial charge in [0, 0.05) is 33.2 Å². The van der Waals surface area contributed by atoms with E-state index in [0.717, 1.165) is 64.3 Å². The number of rotatable bonds is 4. The van der Waals surface area contributed by atoms with Gasteiger partial charge in [0.2, 0.25) is 6.73 Å². The summed E-state index contributed by atoms with van der Waals surface area (Å²) in [5, 5.41) is 1.81. The van der Waals surface area contributed by atoms with Crippen LogP contribution in [-0.2, 0) is 19.5 Å². The summed E-state index contributed by atoms with van der Waals surface area (Å²) in [6, 6.07) is 11.7. The number of hydrogen-bond donors (Lipinski definition) is 1. The molecule has 4 rings (SSSR count). The van der Waals surface area contributed by atoms with E-state index in [-0.39, 0.29) is 5.63 Å². The van der Waals surface area contributed by atoms with Gasteiger partial charge in [0.1, 0.15) is 24.4 Å². The third-order valence-corrected chi connectivity index (χ3v) is 5.52. The summed E-state index contributed by atoms with van der Waals surface area (Å²) in [5.41, 5.74) is 4.59. The van der Waals surface area contributed by atoms with Gasteiger partial charge in [-0.2, -0.15) is 0 Å².